The molecular formula is C13H13BrN2O4. The summed E-state index contributed by atoms with van der Waals surface area (Å²) < 4.78 is 0.540. The summed E-state index contributed by atoms with van der Waals surface area (Å²) in [5.74, 6) is -1.73. The van der Waals surface area contributed by atoms with Gasteiger partial charge < -0.3 is 10.0 Å². The molecule has 2 rings (SSSR count). The van der Waals surface area contributed by atoms with Crippen molar-refractivity contribution in [3.05, 3.63) is 28.2 Å². The number of piperazine rings is 1. The molecule has 1 saturated heterocycles. The number of carbonyl (C=O) groups is 3. The fraction of sp³-hybridized carbons (Fsp3) is 0.308. The Morgan fingerprint density at radius 3 is 2.75 bits per heavy atom. The summed E-state index contributed by atoms with van der Waals surface area (Å²) in [5, 5.41) is 11.2. The van der Waals surface area contributed by atoms with Crippen LogP contribution >= 0.6 is 15.9 Å². The molecule has 1 heterocycles. The molecule has 0 aliphatic carbocycles. The van der Waals surface area contributed by atoms with Crippen molar-refractivity contribution in [1.82, 2.24) is 5.32 Å². The third-order valence-corrected chi connectivity index (χ3v) is 3.78. The maximum atomic E-state index is 11.8. The minimum Gasteiger partial charge on any atom is -0.478 e. The number of hydrogen-bond donors (Lipinski definition) is 2. The predicted octanol–water partition coefficient (Wildman–Crippen LogP) is 1.39. The quantitative estimate of drug-likeness (QED) is 0.812. The van der Waals surface area contributed by atoms with E-state index in [1.165, 1.54) is 12.1 Å². The van der Waals surface area contributed by atoms with E-state index in [2.05, 4.69) is 21.2 Å². The van der Waals surface area contributed by atoms with E-state index in [4.69, 9.17) is 5.11 Å². The number of anilines is 1. The Morgan fingerprint density at radius 2 is 2.20 bits per heavy atom. The number of nitrogens with zero attached hydrogens (tertiary/aromatic N) is 1. The van der Waals surface area contributed by atoms with Crippen molar-refractivity contribution < 1.29 is 19.5 Å². The molecule has 7 heteroatoms. The van der Waals surface area contributed by atoms with E-state index >= 15 is 0 Å². The molecule has 1 unspecified atom stereocenters. The molecule has 20 heavy (non-hydrogen) atoms. The summed E-state index contributed by atoms with van der Waals surface area (Å²) in [4.78, 5) is 35.9. The monoisotopic (exact) mass is 340 g/mol. The highest BCUT2D eigenvalue weighted by atomic mass is 79.9. The molecule has 1 aliphatic rings. The second-order valence-corrected chi connectivity index (χ2v) is 5.29. The first-order valence-corrected chi connectivity index (χ1v) is 6.86. The fourth-order valence-electron chi connectivity index (χ4n) is 2.20. The van der Waals surface area contributed by atoms with Gasteiger partial charge in [-0.05, 0) is 40.5 Å². The molecule has 1 atom stereocenters. The Hall–Kier alpha value is -1.89. The molecule has 0 bridgehead atoms. The summed E-state index contributed by atoms with van der Waals surface area (Å²) in [5.41, 5.74) is 0.770. The normalized spacial score (nSPS) is 18.9. The van der Waals surface area contributed by atoms with E-state index in [0.29, 0.717) is 16.6 Å². The Labute approximate surface area is 123 Å². The van der Waals surface area contributed by atoms with Crippen LogP contribution in [0.3, 0.4) is 0 Å². The Morgan fingerprint density at radius 1 is 1.50 bits per heavy atom. The number of halogens is 1. The molecule has 1 aliphatic heterocycles. The van der Waals surface area contributed by atoms with Crippen LogP contribution in [-0.2, 0) is 9.59 Å². The van der Waals surface area contributed by atoms with Crippen LogP contribution in [0, 0.1) is 0 Å². The molecule has 0 saturated carbocycles. The number of imide groups is 1. The van der Waals surface area contributed by atoms with Gasteiger partial charge in [0.1, 0.15) is 6.04 Å². The highest BCUT2D eigenvalue weighted by molar-refractivity contribution is 9.10. The zero-order chi connectivity index (χ0) is 14.9. The third kappa shape index (κ3) is 2.67. The summed E-state index contributed by atoms with van der Waals surface area (Å²) in [6.45, 7) is 1.92. The van der Waals surface area contributed by atoms with Gasteiger partial charge in [-0.25, -0.2) is 4.79 Å². The number of carboxylic acids is 1. The molecule has 0 spiro atoms. The molecule has 2 amide bonds. The van der Waals surface area contributed by atoms with Crippen molar-refractivity contribution in [2.24, 2.45) is 0 Å². The molecule has 2 N–H and O–H groups in total. The SMILES string of the molecule is CCC1C(=O)NC(=O)CN1c1ccc(C(=O)O)cc1Br. The van der Waals surface area contributed by atoms with E-state index < -0.39 is 12.0 Å². The average molecular weight is 341 g/mol. The second kappa shape index (κ2) is 5.62. The van der Waals surface area contributed by atoms with Crippen molar-refractivity contribution >= 4 is 39.4 Å². The van der Waals surface area contributed by atoms with Crippen LogP contribution in [0.15, 0.2) is 22.7 Å². The van der Waals surface area contributed by atoms with Gasteiger partial charge in [0.05, 0.1) is 17.8 Å². The summed E-state index contributed by atoms with van der Waals surface area (Å²) in [6, 6.07) is 4.06. The number of nitrogens with one attached hydrogen (secondary N) is 1. The Bertz CT molecular complexity index is 588. The van der Waals surface area contributed by atoms with E-state index in [1.54, 1.807) is 11.0 Å². The van der Waals surface area contributed by atoms with Gasteiger partial charge in [-0.2, -0.15) is 0 Å². The number of hydrogen-bond acceptors (Lipinski definition) is 4. The van der Waals surface area contributed by atoms with E-state index in [1.807, 2.05) is 6.92 Å². The minimum absolute atomic E-state index is 0.0647. The molecule has 6 nitrogen and oxygen atoms in total. The number of benzene rings is 1. The van der Waals surface area contributed by atoms with E-state index in [-0.39, 0.29) is 23.9 Å². The number of carboxylic acid groups (broad SMARTS) is 1. The van der Waals surface area contributed by atoms with Gasteiger partial charge in [-0.15, -0.1) is 0 Å². The van der Waals surface area contributed by atoms with Crippen LogP contribution in [-0.4, -0.2) is 35.5 Å². The molecule has 1 aromatic rings. The molecule has 0 aromatic heterocycles. The topological polar surface area (TPSA) is 86.7 Å². The number of rotatable bonds is 3. The number of aromatic carboxylic acids is 1. The maximum absolute atomic E-state index is 11.8. The smallest absolute Gasteiger partial charge is 0.335 e. The lowest BCUT2D eigenvalue weighted by molar-refractivity contribution is -0.132. The van der Waals surface area contributed by atoms with Gasteiger partial charge >= 0.3 is 5.97 Å². The summed E-state index contributed by atoms with van der Waals surface area (Å²) >= 11 is 3.30. The van der Waals surface area contributed by atoms with Crippen molar-refractivity contribution in [2.45, 2.75) is 19.4 Å². The van der Waals surface area contributed by atoms with E-state index in [9.17, 15) is 14.4 Å². The van der Waals surface area contributed by atoms with Gasteiger partial charge in [0, 0.05) is 4.47 Å². The Kier molecular flexibility index (Phi) is 4.08. The third-order valence-electron chi connectivity index (χ3n) is 3.15. The summed E-state index contributed by atoms with van der Waals surface area (Å²) in [7, 11) is 0. The van der Waals surface area contributed by atoms with Gasteiger partial charge in [0.2, 0.25) is 11.8 Å². The highest BCUT2D eigenvalue weighted by Gasteiger charge is 2.33. The fourth-order valence-corrected chi connectivity index (χ4v) is 2.80. The zero-order valence-corrected chi connectivity index (χ0v) is 12.3. The van der Waals surface area contributed by atoms with Crippen LogP contribution in [0.25, 0.3) is 0 Å². The first kappa shape index (κ1) is 14.5. The van der Waals surface area contributed by atoms with Crippen molar-refractivity contribution in [1.29, 1.82) is 0 Å². The van der Waals surface area contributed by atoms with Crippen LogP contribution in [0.2, 0.25) is 0 Å². The molecule has 1 aromatic carbocycles. The maximum Gasteiger partial charge on any atom is 0.335 e. The first-order chi connectivity index (χ1) is 9.43. The zero-order valence-electron chi connectivity index (χ0n) is 10.7. The average Bonchev–Trinajstić information content (AvgIpc) is 2.37. The lowest BCUT2D eigenvalue weighted by Crippen LogP contribution is -2.58. The van der Waals surface area contributed by atoms with Gasteiger partial charge in [-0.3, -0.25) is 14.9 Å². The first-order valence-electron chi connectivity index (χ1n) is 6.07. The van der Waals surface area contributed by atoms with Crippen LogP contribution < -0.4 is 10.2 Å². The Balaban J connectivity index is 2.40. The van der Waals surface area contributed by atoms with Crippen molar-refractivity contribution in [2.75, 3.05) is 11.4 Å². The van der Waals surface area contributed by atoms with Crippen LogP contribution in [0.4, 0.5) is 5.69 Å². The van der Waals surface area contributed by atoms with Gasteiger partial charge in [0.15, 0.2) is 0 Å². The van der Waals surface area contributed by atoms with Crippen molar-refractivity contribution in [3.63, 3.8) is 0 Å². The predicted molar refractivity (Wildman–Crippen MR) is 75.7 cm³/mol. The largest absolute Gasteiger partial charge is 0.478 e. The molecule has 0 radical (unpaired) electrons. The van der Waals surface area contributed by atoms with Crippen LogP contribution in [0.1, 0.15) is 23.7 Å². The van der Waals surface area contributed by atoms with Gasteiger partial charge in [-0.1, -0.05) is 6.92 Å². The van der Waals surface area contributed by atoms with Crippen molar-refractivity contribution in [3.8, 4) is 0 Å². The van der Waals surface area contributed by atoms with E-state index in [0.717, 1.165) is 0 Å². The minimum atomic E-state index is -1.03. The van der Waals surface area contributed by atoms with Gasteiger partial charge in [0.25, 0.3) is 0 Å². The molecule has 106 valence electrons. The number of carbonyl (C=O) groups excluding carboxylic acids is 2. The highest BCUT2D eigenvalue weighted by Crippen LogP contribution is 2.30. The second-order valence-electron chi connectivity index (χ2n) is 4.44. The molecular weight excluding hydrogens is 328 g/mol. The summed E-state index contributed by atoms with van der Waals surface area (Å²) in [6.07, 6.45) is 0.548. The van der Waals surface area contributed by atoms with Crippen LogP contribution in [0.5, 0.6) is 0 Å². The lowest BCUT2D eigenvalue weighted by atomic mass is 10.1. The standard InChI is InChI=1S/C13H13BrN2O4/c1-2-9-12(18)15-11(17)6-16(9)10-4-3-7(13(19)20)5-8(10)14/h3-5,9H,2,6H2,1H3,(H,19,20)(H,15,17,18). The molecule has 1 fully saturated rings. The number of amides is 2. The lowest BCUT2D eigenvalue weighted by Gasteiger charge is -2.35.